The van der Waals surface area contributed by atoms with Crippen molar-refractivity contribution in [3.8, 4) is 0 Å². The van der Waals surface area contributed by atoms with Gasteiger partial charge in [-0.2, -0.15) is 5.10 Å². The van der Waals surface area contributed by atoms with E-state index in [1.54, 1.807) is 6.33 Å². The summed E-state index contributed by atoms with van der Waals surface area (Å²) in [7, 11) is 1.94. The molecule has 0 bridgehead atoms. The molecule has 0 radical (unpaired) electrons. The van der Waals surface area contributed by atoms with E-state index in [1.807, 2.05) is 11.7 Å². The van der Waals surface area contributed by atoms with Gasteiger partial charge in [-0.15, -0.1) is 0 Å². The molecule has 1 aromatic rings. The summed E-state index contributed by atoms with van der Waals surface area (Å²) in [6.45, 7) is 4.31. The van der Waals surface area contributed by atoms with Gasteiger partial charge in [0.2, 0.25) is 0 Å². The third kappa shape index (κ3) is 3.80. The van der Waals surface area contributed by atoms with E-state index in [4.69, 9.17) is 0 Å². The molecule has 0 aromatic carbocycles. The first-order valence-electron chi connectivity index (χ1n) is 6.79. The molecule has 1 aliphatic rings. The maximum atomic E-state index is 4.20. The molecule has 1 aliphatic carbocycles. The van der Waals surface area contributed by atoms with E-state index in [9.17, 15) is 0 Å². The summed E-state index contributed by atoms with van der Waals surface area (Å²) in [5, 5.41) is 7.52. The number of hydrogen-bond donors (Lipinski definition) is 1. The van der Waals surface area contributed by atoms with Crippen LogP contribution in [0, 0.1) is 11.8 Å². The molecular formula is C13H24N4. The summed E-state index contributed by atoms with van der Waals surface area (Å²) in [5.41, 5.74) is 0. The van der Waals surface area contributed by atoms with Gasteiger partial charge in [0, 0.05) is 7.05 Å². The van der Waals surface area contributed by atoms with E-state index >= 15 is 0 Å². The zero-order chi connectivity index (χ0) is 12.1. The molecule has 1 aromatic heterocycles. The zero-order valence-corrected chi connectivity index (χ0v) is 11.0. The second kappa shape index (κ2) is 6.15. The van der Waals surface area contributed by atoms with Crippen LogP contribution in [0.2, 0.25) is 0 Å². The van der Waals surface area contributed by atoms with Crippen molar-refractivity contribution in [3.63, 3.8) is 0 Å². The molecule has 0 unspecified atom stereocenters. The van der Waals surface area contributed by atoms with Crippen LogP contribution in [0.4, 0.5) is 0 Å². The van der Waals surface area contributed by atoms with Crippen LogP contribution in [0.5, 0.6) is 0 Å². The quantitative estimate of drug-likeness (QED) is 0.796. The second-order valence-corrected chi connectivity index (χ2v) is 5.39. The van der Waals surface area contributed by atoms with E-state index in [2.05, 4.69) is 22.3 Å². The van der Waals surface area contributed by atoms with Crippen LogP contribution in [0.1, 0.15) is 44.9 Å². The van der Waals surface area contributed by atoms with Gasteiger partial charge < -0.3 is 5.32 Å². The van der Waals surface area contributed by atoms with E-state index in [1.165, 1.54) is 32.1 Å². The molecular weight excluding hydrogens is 212 g/mol. The fourth-order valence-electron chi connectivity index (χ4n) is 2.60. The number of nitrogens with one attached hydrogen (secondary N) is 1. The molecule has 2 rings (SSSR count). The molecule has 0 atom stereocenters. The highest BCUT2D eigenvalue weighted by Crippen LogP contribution is 2.29. The Balaban J connectivity index is 1.59. The second-order valence-electron chi connectivity index (χ2n) is 5.39. The van der Waals surface area contributed by atoms with Crippen molar-refractivity contribution < 1.29 is 0 Å². The van der Waals surface area contributed by atoms with Crippen molar-refractivity contribution >= 4 is 0 Å². The maximum Gasteiger partial charge on any atom is 0.140 e. The normalized spacial score (nSPS) is 25.1. The third-order valence-electron chi connectivity index (χ3n) is 3.95. The molecule has 1 N–H and O–H groups in total. The van der Waals surface area contributed by atoms with Crippen LogP contribution < -0.4 is 5.32 Å². The van der Waals surface area contributed by atoms with Crippen LogP contribution in [0.15, 0.2) is 6.33 Å². The molecule has 0 aliphatic heterocycles. The Morgan fingerprint density at radius 1 is 1.35 bits per heavy atom. The Labute approximate surface area is 104 Å². The van der Waals surface area contributed by atoms with Crippen molar-refractivity contribution in [3.05, 3.63) is 12.2 Å². The summed E-state index contributed by atoms with van der Waals surface area (Å²) < 4.78 is 1.83. The number of nitrogens with zero attached hydrogens (tertiary/aromatic N) is 3. The molecule has 0 amide bonds. The average Bonchev–Trinajstić information content (AvgIpc) is 2.73. The van der Waals surface area contributed by atoms with Gasteiger partial charge in [-0.1, -0.05) is 32.6 Å². The van der Waals surface area contributed by atoms with Crippen molar-refractivity contribution in [1.82, 2.24) is 20.1 Å². The van der Waals surface area contributed by atoms with E-state index in [-0.39, 0.29) is 0 Å². The van der Waals surface area contributed by atoms with Gasteiger partial charge in [-0.25, -0.2) is 4.98 Å². The minimum Gasteiger partial charge on any atom is -0.310 e. The molecule has 0 saturated heterocycles. The number of rotatable bonds is 5. The standard InChI is InChI=1S/C13H24N4/c1-11-3-5-12(6-4-11)7-8-14-9-13-15-10-16-17(13)2/h10-12,14H,3-9H2,1-2H3. The predicted molar refractivity (Wildman–Crippen MR) is 68.4 cm³/mol. The average molecular weight is 236 g/mol. The molecule has 96 valence electrons. The summed E-state index contributed by atoms with van der Waals surface area (Å²) in [6, 6.07) is 0. The highest BCUT2D eigenvalue weighted by Gasteiger charge is 2.17. The lowest BCUT2D eigenvalue weighted by Crippen LogP contribution is -2.22. The lowest BCUT2D eigenvalue weighted by Gasteiger charge is -2.26. The highest BCUT2D eigenvalue weighted by molar-refractivity contribution is 4.82. The monoisotopic (exact) mass is 236 g/mol. The van der Waals surface area contributed by atoms with Crippen LogP contribution >= 0.6 is 0 Å². The highest BCUT2D eigenvalue weighted by atomic mass is 15.3. The molecule has 1 fully saturated rings. The predicted octanol–water partition coefficient (Wildman–Crippen LogP) is 2.12. The Hall–Kier alpha value is -0.900. The summed E-state index contributed by atoms with van der Waals surface area (Å²) in [6.07, 6.45) is 8.62. The zero-order valence-electron chi connectivity index (χ0n) is 11.0. The van der Waals surface area contributed by atoms with E-state index in [0.29, 0.717) is 0 Å². The number of hydrogen-bond acceptors (Lipinski definition) is 3. The van der Waals surface area contributed by atoms with Crippen LogP contribution in [0.3, 0.4) is 0 Å². The molecule has 0 spiro atoms. The first kappa shape index (κ1) is 12.6. The molecule has 4 heteroatoms. The van der Waals surface area contributed by atoms with Gasteiger partial charge in [0.15, 0.2) is 0 Å². The number of aryl methyl sites for hydroxylation is 1. The Bertz CT molecular complexity index is 326. The molecule has 1 heterocycles. The van der Waals surface area contributed by atoms with Gasteiger partial charge in [0.05, 0.1) is 6.54 Å². The molecule has 17 heavy (non-hydrogen) atoms. The van der Waals surface area contributed by atoms with Gasteiger partial charge in [0.1, 0.15) is 12.2 Å². The minimum atomic E-state index is 0.833. The van der Waals surface area contributed by atoms with E-state index in [0.717, 1.165) is 30.7 Å². The van der Waals surface area contributed by atoms with Gasteiger partial charge >= 0.3 is 0 Å². The van der Waals surface area contributed by atoms with Crippen LogP contribution in [0.25, 0.3) is 0 Å². The summed E-state index contributed by atoms with van der Waals surface area (Å²) >= 11 is 0. The largest absolute Gasteiger partial charge is 0.310 e. The Morgan fingerprint density at radius 3 is 2.76 bits per heavy atom. The van der Waals surface area contributed by atoms with Crippen molar-refractivity contribution in [1.29, 1.82) is 0 Å². The summed E-state index contributed by atoms with van der Waals surface area (Å²) in [5.74, 6) is 2.92. The first-order valence-corrected chi connectivity index (χ1v) is 6.79. The molecule has 4 nitrogen and oxygen atoms in total. The van der Waals surface area contributed by atoms with Crippen LogP contribution in [-0.2, 0) is 13.6 Å². The third-order valence-corrected chi connectivity index (χ3v) is 3.95. The molecule has 1 saturated carbocycles. The van der Waals surface area contributed by atoms with Crippen molar-refractivity contribution in [2.75, 3.05) is 6.54 Å². The fraction of sp³-hybridized carbons (Fsp3) is 0.846. The minimum absolute atomic E-state index is 0.833. The first-order chi connectivity index (χ1) is 8.25. The number of aromatic nitrogens is 3. The summed E-state index contributed by atoms with van der Waals surface area (Å²) in [4.78, 5) is 4.20. The topological polar surface area (TPSA) is 42.7 Å². The SMILES string of the molecule is CC1CCC(CCNCc2ncnn2C)CC1. The Kier molecular flexibility index (Phi) is 4.54. The van der Waals surface area contributed by atoms with Gasteiger partial charge in [0.25, 0.3) is 0 Å². The van der Waals surface area contributed by atoms with Crippen molar-refractivity contribution in [2.24, 2.45) is 18.9 Å². The van der Waals surface area contributed by atoms with Gasteiger partial charge in [-0.3, -0.25) is 4.68 Å². The van der Waals surface area contributed by atoms with Crippen LogP contribution in [-0.4, -0.2) is 21.3 Å². The lowest BCUT2D eigenvalue weighted by atomic mass is 9.81. The van der Waals surface area contributed by atoms with Gasteiger partial charge in [-0.05, 0) is 24.8 Å². The van der Waals surface area contributed by atoms with Crippen molar-refractivity contribution in [2.45, 2.75) is 45.6 Å². The maximum absolute atomic E-state index is 4.20. The lowest BCUT2D eigenvalue weighted by molar-refractivity contribution is 0.275. The smallest absolute Gasteiger partial charge is 0.140 e. The van der Waals surface area contributed by atoms with E-state index < -0.39 is 0 Å². The Morgan fingerprint density at radius 2 is 2.12 bits per heavy atom. The fourth-order valence-corrected chi connectivity index (χ4v) is 2.60.